The van der Waals surface area contributed by atoms with Gasteiger partial charge in [-0.15, -0.1) is 0 Å². The van der Waals surface area contributed by atoms with E-state index in [2.05, 4.69) is 10.4 Å². The third-order valence-corrected chi connectivity index (χ3v) is 3.66. The van der Waals surface area contributed by atoms with Crippen LogP contribution >= 0.6 is 11.6 Å². The molecule has 1 amide bonds. The van der Waals surface area contributed by atoms with E-state index in [0.29, 0.717) is 10.8 Å². The molecule has 0 aliphatic carbocycles. The fourth-order valence-corrected chi connectivity index (χ4v) is 2.26. The van der Waals surface area contributed by atoms with E-state index in [1.165, 1.54) is 0 Å². The summed E-state index contributed by atoms with van der Waals surface area (Å²) in [6.07, 6.45) is 1.57. The Morgan fingerprint density at radius 2 is 1.87 bits per heavy atom. The highest BCUT2D eigenvalue weighted by Gasteiger charge is 2.30. The topological polar surface area (TPSA) is 56.1 Å². The minimum Gasteiger partial charge on any atom is -0.478 e. The summed E-state index contributed by atoms with van der Waals surface area (Å²) in [5, 5.41) is 0.615. The number of ether oxygens (including phenoxy) is 1. The van der Waals surface area contributed by atoms with Gasteiger partial charge in [-0.2, -0.15) is 0 Å². The molecule has 5 nitrogen and oxygen atoms in total. The van der Waals surface area contributed by atoms with Crippen molar-refractivity contribution < 1.29 is 9.53 Å². The Balaban J connectivity index is 1.77. The molecule has 2 aromatic carbocycles. The summed E-state index contributed by atoms with van der Waals surface area (Å²) in [7, 11) is 0. The number of benzene rings is 2. The maximum atomic E-state index is 12.5. The van der Waals surface area contributed by atoms with Gasteiger partial charge in [-0.25, -0.2) is 9.66 Å². The van der Waals surface area contributed by atoms with Crippen LogP contribution in [0.25, 0.3) is 11.0 Å². The lowest BCUT2D eigenvalue weighted by atomic mass is 10.1. The minimum absolute atomic E-state index is 0.282. The fourth-order valence-electron chi connectivity index (χ4n) is 2.14. The van der Waals surface area contributed by atoms with Crippen molar-refractivity contribution in [1.82, 2.24) is 9.66 Å². The Labute approximate surface area is 138 Å². The summed E-state index contributed by atoms with van der Waals surface area (Å²) in [5.74, 6) is 0.292. The second-order valence-corrected chi connectivity index (χ2v) is 6.05. The van der Waals surface area contributed by atoms with Crippen LogP contribution in [-0.2, 0) is 4.79 Å². The number of hydrogen-bond donors (Lipinski definition) is 1. The maximum Gasteiger partial charge on any atom is 0.282 e. The van der Waals surface area contributed by atoms with Crippen LogP contribution in [-0.4, -0.2) is 21.2 Å². The van der Waals surface area contributed by atoms with E-state index < -0.39 is 5.60 Å². The van der Waals surface area contributed by atoms with Crippen LogP contribution in [0.2, 0.25) is 5.02 Å². The number of aromatic nitrogens is 2. The van der Waals surface area contributed by atoms with Gasteiger partial charge in [0.15, 0.2) is 5.60 Å². The molecule has 118 valence electrons. The number of halogens is 1. The zero-order valence-corrected chi connectivity index (χ0v) is 13.5. The van der Waals surface area contributed by atoms with Gasteiger partial charge in [-0.05, 0) is 50.2 Å². The predicted octanol–water partition coefficient (Wildman–Crippen LogP) is 3.62. The van der Waals surface area contributed by atoms with Gasteiger partial charge in [-0.1, -0.05) is 23.7 Å². The van der Waals surface area contributed by atoms with Gasteiger partial charge in [0.2, 0.25) is 0 Å². The normalized spacial score (nSPS) is 11.4. The summed E-state index contributed by atoms with van der Waals surface area (Å²) < 4.78 is 7.36. The summed E-state index contributed by atoms with van der Waals surface area (Å²) in [5.41, 5.74) is 3.38. The molecular weight excluding hydrogens is 314 g/mol. The third kappa shape index (κ3) is 3.29. The second kappa shape index (κ2) is 5.93. The Bertz CT molecular complexity index is 840. The number of hydrogen-bond acceptors (Lipinski definition) is 3. The van der Waals surface area contributed by atoms with Crippen molar-refractivity contribution in [3.8, 4) is 5.75 Å². The third-order valence-electron chi connectivity index (χ3n) is 3.41. The number of amides is 1. The quantitative estimate of drug-likeness (QED) is 0.795. The number of para-hydroxylation sites is 2. The maximum absolute atomic E-state index is 12.5. The lowest BCUT2D eigenvalue weighted by Crippen LogP contribution is -2.45. The molecule has 0 aliphatic rings. The van der Waals surface area contributed by atoms with Gasteiger partial charge in [0, 0.05) is 5.02 Å². The summed E-state index contributed by atoms with van der Waals surface area (Å²) >= 11 is 5.85. The predicted molar refractivity (Wildman–Crippen MR) is 90.3 cm³/mol. The van der Waals surface area contributed by atoms with Gasteiger partial charge in [0.25, 0.3) is 5.91 Å². The molecule has 0 radical (unpaired) electrons. The second-order valence-electron chi connectivity index (χ2n) is 5.61. The van der Waals surface area contributed by atoms with Crippen LogP contribution in [0.3, 0.4) is 0 Å². The fraction of sp³-hybridized carbons (Fsp3) is 0.176. The van der Waals surface area contributed by atoms with Crippen LogP contribution in [0.4, 0.5) is 0 Å². The molecule has 0 spiro atoms. The van der Waals surface area contributed by atoms with E-state index in [1.807, 2.05) is 24.3 Å². The van der Waals surface area contributed by atoms with Crippen molar-refractivity contribution in [1.29, 1.82) is 0 Å². The van der Waals surface area contributed by atoms with Crippen LogP contribution in [0.15, 0.2) is 54.9 Å². The zero-order chi connectivity index (χ0) is 16.4. The highest BCUT2D eigenvalue weighted by molar-refractivity contribution is 6.30. The van der Waals surface area contributed by atoms with Crippen LogP contribution in [0.1, 0.15) is 13.8 Å². The average Bonchev–Trinajstić information content (AvgIpc) is 2.93. The molecule has 0 bridgehead atoms. The molecular formula is C17H16ClN3O2. The first-order valence-corrected chi connectivity index (χ1v) is 7.52. The van der Waals surface area contributed by atoms with Crippen molar-refractivity contribution in [3.63, 3.8) is 0 Å². The number of carbonyl (C=O) groups is 1. The molecule has 1 heterocycles. The highest BCUT2D eigenvalue weighted by atomic mass is 35.5. The van der Waals surface area contributed by atoms with Gasteiger partial charge in [0.05, 0.1) is 11.0 Å². The number of nitrogens with one attached hydrogen (secondary N) is 1. The number of nitrogens with zero attached hydrogens (tertiary/aromatic N) is 2. The Morgan fingerprint density at radius 3 is 2.61 bits per heavy atom. The molecule has 0 aliphatic heterocycles. The number of rotatable bonds is 4. The van der Waals surface area contributed by atoms with Crippen molar-refractivity contribution >= 4 is 28.5 Å². The van der Waals surface area contributed by atoms with E-state index in [9.17, 15) is 4.79 Å². The molecule has 0 saturated heterocycles. The van der Waals surface area contributed by atoms with Crippen molar-refractivity contribution in [3.05, 3.63) is 59.9 Å². The van der Waals surface area contributed by atoms with Gasteiger partial charge in [-0.3, -0.25) is 10.2 Å². The Morgan fingerprint density at radius 1 is 1.17 bits per heavy atom. The van der Waals surface area contributed by atoms with Crippen molar-refractivity contribution in [2.45, 2.75) is 19.4 Å². The number of carbonyl (C=O) groups excluding carboxylic acids is 1. The average molecular weight is 330 g/mol. The zero-order valence-electron chi connectivity index (χ0n) is 12.8. The number of fused-ring (bicyclic) bond motifs is 1. The first-order valence-electron chi connectivity index (χ1n) is 7.14. The van der Waals surface area contributed by atoms with Gasteiger partial charge < -0.3 is 4.74 Å². The first kappa shape index (κ1) is 15.4. The molecule has 0 atom stereocenters. The molecule has 1 N–H and O–H groups in total. The van der Waals surface area contributed by atoms with Crippen LogP contribution < -0.4 is 10.2 Å². The first-order chi connectivity index (χ1) is 11.0. The summed E-state index contributed by atoms with van der Waals surface area (Å²) in [6.45, 7) is 3.41. The number of imidazole rings is 1. The monoisotopic (exact) mass is 329 g/mol. The minimum atomic E-state index is -1.06. The molecule has 0 fully saturated rings. The van der Waals surface area contributed by atoms with E-state index in [-0.39, 0.29) is 5.91 Å². The van der Waals surface area contributed by atoms with Crippen LogP contribution in [0.5, 0.6) is 5.75 Å². The van der Waals surface area contributed by atoms with E-state index in [4.69, 9.17) is 16.3 Å². The molecule has 3 aromatic rings. The van der Waals surface area contributed by atoms with Gasteiger partial charge >= 0.3 is 0 Å². The molecule has 1 aromatic heterocycles. The molecule has 6 heteroatoms. The molecule has 0 saturated carbocycles. The molecule has 0 unspecified atom stereocenters. The smallest absolute Gasteiger partial charge is 0.282 e. The standard InChI is InChI=1S/C17H16ClN3O2/c1-17(2,23-13-9-7-12(18)8-10-13)16(22)20-21-11-19-14-5-3-4-6-15(14)21/h3-11H,1-2H3,(H,20,22). The summed E-state index contributed by atoms with van der Waals surface area (Å²) in [6, 6.07) is 14.4. The molecule has 23 heavy (non-hydrogen) atoms. The Hall–Kier alpha value is -2.53. The lowest BCUT2D eigenvalue weighted by Gasteiger charge is -2.25. The highest BCUT2D eigenvalue weighted by Crippen LogP contribution is 2.21. The van der Waals surface area contributed by atoms with E-state index in [1.54, 1.807) is 49.1 Å². The SMILES string of the molecule is CC(C)(Oc1ccc(Cl)cc1)C(=O)Nn1cnc2ccccc21. The van der Waals surface area contributed by atoms with Gasteiger partial charge in [0.1, 0.15) is 12.1 Å². The van der Waals surface area contributed by atoms with Crippen molar-refractivity contribution in [2.24, 2.45) is 0 Å². The molecule has 3 rings (SSSR count). The summed E-state index contributed by atoms with van der Waals surface area (Å²) in [4.78, 5) is 16.8. The van der Waals surface area contributed by atoms with Crippen LogP contribution in [0, 0.1) is 0 Å². The van der Waals surface area contributed by atoms with E-state index >= 15 is 0 Å². The largest absolute Gasteiger partial charge is 0.478 e. The lowest BCUT2D eigenvalue weighted by molar-refractivity contribution is -0.129. The Kier molecular flexibility index (Phi) is 3.96. The van der Waals surface area contributed by atoms with Crippen molar-refractivity contribution in [2.75, 3.05) is 5.43 Å². The van der Waals surface area contributed by atoms with E-state index in [0.717, 1.165) is 11.0 Å².